The van der Waals surface area contributed by atoms with E-state index in [-0.39, 0.29) is 5.82 Å². The largest absolute Gasteiger partial charge is 0.388 e. The van der Waals surface area contributed by atoms with Crippen molar-refractivity contribution < 1.29 is 9.18 Å². The Bertz CT molecular complexity index is 600. The van der Waals surface area contributed by atoms with E-state index in [1.807, 2.05) is 6.92 Å². The van der Waals surface area contributed by atoms with Gasteiger partial charge in [-0.25, -0.2) is 4.39 Å². The van der Waals surface area contributed by atoms with E-state index >= 15 is 0 Å². The van der Waals surface area contributed by atoms with E-state index in [0.717, 1.165) is 29.8 Å². The van der Waals surface area contributed by atoms with Crippen LogP contribution in [-0.4, -0.2) is 12.3 Å². The summed E-state index contributed by atoms with van der Waals surface area (Å²) in [5.74, 6) is 1.11. The number of ketones is 1. The Morgan fingerprint density at radius 3 is 2.62 bits per heavy atom. The molecule has 0 radical (unpaired) electrons. The van der Waals surface area contributed by atoms with Crippen molar-refractivity contribution in [1.29, 1.82) is 0 Å². The minimum atomic E-state index is -0.205. The van der Waals surface area contributed by atoms with Crippen LogP contribution in [0.15, 0.2) is 35.5 Å². The molecule has 0 bridgehead atoms. The lowest BCUT2D eigenvalue weighted by atomic mass is 9.95. The summed E-state index contributed by atoms with van der Waals surface area (Å²) in [6.07, 6.45) is 1.54. The van der Waals surface area contributed by atoms with Crippen LogP contribution in [0.2, 0.25) is 0 Å². The molecule has 0 heterocycles. The molecule has 0 spiro atoms. The number of benzene rings is 1. The van der Waals surface area contributed by atoms with Crippen LogP contribution in [0.5, 0.6) is 0 Å². The molecule has 0 unspecified atom stereocenters. The number of fused-ring (bicyclic) bond motifs is 1. The van der Waals surface area contributed by atoms with Gasteiger partial charge in [0.05, 0.1) is 0 Å². The van der Waals surface area contributed by atoms with E-state index in [1.54, 1.807) is 12.1 Å². The maximum absolute atomic E-state index is 12.8. The van der Waals surface area contributed by atoms with Crippen LogP contribution in [0.25, 0.3) is 0 Å². The van der Waals surface area contributed by atoms with Crippen LogP contribution < -0.4 is 5.32 Å². The van der Waals surface area contributed by atoms with Crippen molar-refractivity contribution in [3.63, 3.8) is 0 Å². The van der Waals surface area contributed by atoms with E-state index in [4.69, 9.17) is 0 Å². The highest BCUT2D eigenvalue weighted by atomic mass is 19.1. The second-order valence-corrected chi connectivity index (χ2v) is 6.87. The third-order valence-electron chi connectivity index (χ3n) is 5.19. The van der Waals surface area contributed by atoms with E-state index in [2.05, 4.69) is 19.2 Å². The number of hydrogen-bond donors (Lipinski definition) is 1. The zero-order chi connectivity index (χ0) is 15.2. The minimum absolute atomic E-state index is 0.205. The molecule has 0 aromatic heterocycles. The molecule has 1 N–H and O–H groups in total. The Kier molecular flexibility index (Phi) is 3.39. The normalized spacial score (nSPS) is 28.3. The maximum atomic E-state index is 12.8. The van der Waals surface area contributed by atoms with Gasteiger partial charge in [-0.15, -0.1) is 0 Å². The predicted octanol–water partition coefficient (Wildman–Crippen LogP) is 3.48. The number of allylic oxidation sites excluding steroid dienone is 2. The van der Waals surface area contributed by atoms with Gasteiger partial charge in [0.25, 0.3) is 0 Å². The Morgan fingerprint density at radius 2 is 2.00 bits per heavy atom. The SMILES string of the molecule is CC(NCCc1ccc(F)cc1)=C1C(=O)C[C@@H]2[C@@H]1C2(C)C. The average molecular weight is 287 g/mol. The summed E-state index contributed by atoms with van der Waals surface area (Å²) in [5, 5.41) is 3.38. The van der Waals surface area contributed by atoms with Crippen molar-refractivity contribution in [3.8, 4) is 0 Å². The lowest BCUT2D eigenvalue weighted by Crippen LogP contribution is -2.20. The molecule has 1 aromatic carbocycles. The van der Waals surface area contributed by atoms with E-state index < -0.39 is 0 Å². The number of halogens is 1. The highest BCUT2D eigenvalue weighted by Crippen LogP contribution is 2.68. The van der Waals surface area contributed by atoms with Crippen molar-refractivity contribution in [2.75, 3.05) is 6.54 Å². The maximum Gasteiger partial charge on any atom is 0.161 e. The molecule has 0 amide bonds. The summed E-state index contributed by atoms with van der Waals surface area (Å²) >= 11 is 0. The molecule has 0 aliphatic heterocycles. The molecule has 2 fully saturated rings. The Morgan fingerprint density at radius 1 is 1.33 bits per heavy atom. The van der Waals surface area contributed by atoms with Gasteiger partial charge in [0.15, 0.2) is 5.78 Å². The third kappa shape index (κ3) is 2.50. The van der Waals surface area contributed by atoms with Gasteiger partial charge in [-0.2, -0.15) is 0 Å². The first-order chi connectivity index (χ1) is 9.91. The molecule has 3 rings (SSSR count). The highest BCUT2D eigenvalue weighted by Gasteiger charge is 2.65. The topological polar surface area (TPSA) is 29.1 Å². The van der Waals surface area contributed by atoms with Gasteiger partial charge in [0.2, 0.25) is 0 Å². The fourth-order valence-corrected chi connectivity index (χ4v) is 3.76. The second-order valence-electron chi connectivity index (χ2n) is 6.87. The summed E-state index contributed by atoms with van der Waals surface area (Å²) in [4.78, 5) is 12.1. The zero-order valence-corrected chi connectivity index (χ0v) is 12.9. The fourth-order valence-electron chi connectivity index (χ4n) is 3.76. The van der Waals surface area contributed by atoms with Gasteiger partial charge in [-0.1, -0.05) is 26.0 Å². The summed E-state index contributed by atoms with van der Waals surface area (Å²) in [6.45, 7) is 7.28. The van der Waals surface area contributed by atoms with Crippen molar-refractivity contribution >= 4 is 5.78 Å². The molecule has 3 heteroatoms. The molecule has 21 heavy (non-hydrogen) atoms. The molecule has 2 aliphatic carbocycles. The summed E-state index contributed by atoms with van der Waals surface area (Å²) in [7, 11) is 0. The Labute approximate surface area is 125 Å². The lowest BCUT2D eigenvalue weighted by molar-refractivity contribution is -0.115. The quantitative estimate of drug-likeness (QED) is 0.859. The van der Waals surface area contributed by atoms with Crippen LogP contribution >= 0.6 is 0 Å². The fraction of sp³-hybridized carbons (Fsp3) is 0.500. The molecule has 2 aliphatic rings. The summed E-state index contributed by atoms with van der Waals surface area (Å²) in [5.41, 5.74) is 3.44. The van der Waals surface area contributed by atoms with Gasteiger partial charge in [-0.05, 0) is 48.3 Å². The molecule has 2 saturated carbocycles. The second kappa shape index (κ2) is 4.97. The number of Topliss-reactive ketones (excluding diaryl/α,β-unsaturated/α-hetero) is 1. The summed E-state index contributed by atoms with van der Waals surface area (Å²) in [6, 6.07) is 6.58. The number of nitrogens with one attached hydrogen (secondary N) is 1. The first kappa shape index (κ1) is 14.3. The first-order valence-corrected chi connectivity index (χ1v) is 7.63. The monoisotopic (exact) mass is 287 g/mol. The van der Waals surface area contributed by atoms with Gasteiger partial charge in [0, 0.05) is 24.2 Å². The number of rotatable bonds is 4. The lowest BCUT2D eigenvalue weighted by Gasteiger charge is -2.14. The van der Waals surface area contributed by atoms with Gasteiger partial charge < -0.3 is 5.32 Å². The van der Waals surface area contributed by atoms with Gasteiger partial charge in [0.1, 0.15) is 5.82 Å². The van der Waals surface area contributed by atoms with E-state index in [1.165, 1.54) is 12.1 Å². The molecule has 0 saturated heterocycles. The van der Waals surface area contributed by atoms with E-state index in [9.17, 15) is 9.18 Å². The first-order valence-electron chi connectivity index (χ1n) is 7.63. The minimum Gasteiger partial charge on any atom is -0.388 e. The van der Waals surface area contributed by atoms with Crippen molar-refractivity contribution in [3.05, 3.63) is 46.9 Å². The summed E-state index contributed by atoms with van der Waals surface area (Å²) < 4.78 is 12.8. The number of hydrogen-bond acceptors (Lipinski definition) is 2. The molecule has 112 valence electrons. The highest BCUT2D eigenvalue weighted by molar-refractivity contribution is 6.01. The van der Waals surface area contributed by atoms with Gasteiger partial charge in [-0.3, -0.25) is 4.79 Å². The van der Waals surface area contributed by atoms with Crippen LogP contribution in [0.4, 0.5) is 4.39 Å². The van der Waals surface area contributed by atoms with Crippen LogP contribution in [0, 0.1) is 23.1 Å². The Balaban J connectivity index is 1.61. The molecule has 1 aromatic rings. The predicted molar refractivity (Wildman–Crippen MR) is 81.2 cm³/mol. The average Bonchev–Trinajstić information content (AvgIpc) is 2.80. The van der Waals surface area contributed by atoms with Crippen molar-refractivity contribution in [2.45, 2.75) is 33.6 Å². The van der Waals surface area contributed by atoms with Crippen LogP contribution in [0.1, 0.15) is 32.8 Å². The number of carbonyl (C=O) groups excluding carboxylic acids is 1. The molecule has 2 atom stereocenters. The third-order valence-corrected chi connectivity index (χ3v) is 5.19. The zero-order valence-electron chi connectivity index (χ0n) is 12.9. The van der Waals surface area contributed by atoms with Crippen molar-refractivity contribution in [2.24, 2.45) is 17.3 Å². The standard InChI is InChI=1S/C18H22FNO/c1-11(16-15(21)10-14-17(16)18(14,2)3)20-9-8-12-4-6-13(19)7-5-12/h4-7,14,17,20H,8-10H2,1-3H3/t14-,17+/m1/s1. The molecular weight excluding hydrogens is 265 g/mol. The van der Waals surface area contributed by atoms with Crippen LogP contribution in [-0.2, 0) is 11.2 Å². The van der Waals surface area contributed by atoms with E-state index in [0.29, 0.717) is 29.5 Å². The van der Waals surface area contributed by atoms with Crippen LogP contribution in [0.3, 0.4) is 0 Å². The van der Waals surface area contributed by atoms with Gasteiger partial charge >= 0.3 is 0 Å². The molecule has 2 nitrogen and oxygen atoms in total. The Hall–Kier alpha value is -1.64. The number of carbonyl (C=O) groups is 1. The van der Waals surface area contributed by atoms with Crippen molar-refractivity contribution in [1.82, 2.24) is 5.32 Å². The smallest absolute Gasteiger partial charge is 0.161 e. The molecular formula is C18H22FNO.